The van der Waals surface area contributed by atoms with Crippen LogP contribution in [-0.4, -0.2) is 17.2 Å². The van der Waals surface area contributed by atoms with Gasteiger partial charge in [0, 0.05) is 6.04 Å². The van der Waals surface area contributed by atoms with Gasteiger partial charge < -0.3 is 10.4 Å². The van der Waals surface area contributed by atoms with Gasteiger partial charge in [-0.25, -0.2) is 4.79 Å². The van der Waals surface area contributed by atoms with Crippen molar-refractivity contribution in [1.29, 1.82) is 0 Å². The van der Waals surface area contributed by atoms with Crippen LogP contribution < -0.4 is 5.32 Å². The fourth-order valence-electron chi connectivity index (χ4n) is 1.74. The van der Waals surface area contributed by atoms with Gasteiger partial charge in [0.2, 0.25) is 0 Å². The van der Waals surface area contributed by atoms with Gasteiger partial charge in [0.05, 0.1) is 0 Å². The van der Waals surface area contributed by atoms with Crippen LogP contribution >= 0.6 is 0 Å². The molecule has 0 saturated heterocycles. The van der Waals surface area contributed by atoms with Gasteiger partial charge in [-0.15, -0.1) is 0 Å². The van der Waals surface area contributed by atoms with E-state index in [1.165, 1.54) is 25.7 Å². The van der Waals surface area contributed by atoms with E-state index in [4.69, 9.17) is 5.11 Å². The van der Waals surface area contributed by atoms with Gasteiger partial charge >= 0.3 is 6.09 Å². The third-order valence-electron chi connectivity index (χ3n) is 2.62. The summed E-state index contributed by atoms with van der Waals surface area (Å²) in [7, 11) is 0. The summed E-state index contributed by atoms with van der Waals surface area (Å²) >= 11 is 0. The Morgan fingerprint density at radius 3 is 2.29 bits per heavy atom. The first-order valence-electron chi connectivity index (χ1n) is 5.68. The molecule has 14 heavy (non-hydrogen) atoms. The highest BCUT2D eigenvalue weighted by atomic mass is 16.4. The van der Waals surface area contributed by atoms with Gasteiger partial charge in [-0.05, 0) is 18.8 Å². The summed E-state index contributed by atoms with van der Waals surface area (Å²) < 4.78 is 0. The van der Waals surface area contributed by atoms with Crippen molar-refractivity contribution < 1.29 is 9.90 Å². The lowest BCUT2D eigenvalue weighted by Crippen LogP contribution is -2.36. The smallest absolute Gasteiger partial charge is 0.404 e. The van der Waals surface area contributed by atoms with E-state index in [2.05, 4.69) is 12.2 Å². The van der Waals surface area contributed by atoms with Crippen molar-refractivity contribution in [2.45, 2.75) is 57.9 Å². The van der Waals surface area contributed by atoms with E-state index in [1.54, 1.807) is 0 Å². The van der Waals surface area contributed by atoms with Crippen LogP contribution in [-0.2, 0) is 0 Å². The van der Waals surface area contributed by atoms with E-state index in [0.717, 1.165) is 19.3 Å². The molecular formula is C11H21NO2. The highest BCUT2D eigenvalue weighted by molar-refractivity contribution is 5.64. The quantitative estimate of drug-likeness (QED) is 0.682. The number of amides is 1. The molecule has 0 heterocycles. The van der Waals surface area contributed by atoms with E-state index >= 15 is 0 Å². The number of hydrogen-bond donors (Lipinski definition) is 2. The highest BCUT2D eigenvalue weighted by Gasteiger charge is 2.19. The lowest BCUT2D eigenvalue weighted by molar-refractivity contribution is 0.182. The summed E-state index contributed by atoms with van der Waals surface area (Å²) in [6.45, 7) is 2.18. The maximum atomic E-state index is 10.3. The zero-order valence-electron chi connectivity index (χ0n) is 8.96. The van der Waals surface area contributed by atoms with Crippen molar-refractivity contribution in [2.24, 2.45) is 5.92 Å². The molecule has 2 atom stereocenters. The van der Waals surface area contributed by atoms with Crippen LogP contribution in [0.5, 0.6) is 0 Å². The van der Waals surface area contributed by atoms with Crippen LogP contribution in [0.2, 0.25) is 0 Å². The molecule has 0 aromatic heterocycles. The Balaban J connectivity index is 0.000000276. The van der Waals surface area contributed by atoms with Gasteiger partial charge in [-0.3, -0.25) is 0 Å². The van der Waals surface area contributed by atoms with E-state index in [-0.39, 0.29) is 6.04 Å². The Bertz CT molecular complexity index is 177. The third-order valence-corrected chi connectivity index (χ3v) is 2.62. The first kappa shape index (κ1) is 11.3. The van der Waals surface area contributed by atoms with E-state index in [9.17, 15) is 4.79 Å². The topological polar surface area (TPSA) is 49.3 Å². The minimum Gasteiger partial charge on any atom is -0.465 e. The molecule has 2 aliphatic rings. The minimum atomic E-state index is -0.885. The largest absolute Gasteiger partial charge is 0.465 e. The predicted octanol–water partition coefficient (Wildman–Crippen LogP) is 3.00. The molecule has 2 saturated carbocycles. The molecule has 2 aliphatic carbocycles. The SMILES string of the molecule is C1CC1.CC1CCCC(NC(=O)O)C1. The molecule has 2 unspecified atom stereocenters. The lowest BCUT2D eigenvalue weighted by Gasteiger charge is -2.26. The van der Waals surface area contributed by atoms with Crippen LogP contribution in [0.25, 0.3) is 0 Å². The van der Waals surface area contributed by atoms with Crippen molar-refractivity contribution in [3.8, 4) is 0 Å². The van der Waals surface area contributed by atoms with E-state index < -0.39 is 6.09 Å². The highest BCUT2D eigenvalue weighted by Crippen LogP contribution is 2.23. The second-order valence-corrected chi connectivity index (χ2v) is 4.48. The standard InChI is InChI=1S/C8H15NO2.C3H6/c1-6-3-2-4-7(5-6)9-8(10)11;1-2-3-1/h6-7,9H,2-5H2,1H3,(H,10,11);1-3H2. The Morgan fingerprint density at radius 1 is 1.21 bits per heavy atom. The molecule has 3 heteroatoms. The summed E-state index contributed by atoms with van der Waals surface area (Å²) in [6.07, 6.45) is 8.04. The molecule has 1 amide bonds. The minimum absolute atomic E-state index is 0.205. The molecule has 3 nitrogen and oxygen atoms in total. The molecule has 0 spiro atoms. The van der Waals surface area contributed by atoms with Crippen molar-refractivity contribution >= 4 is 6.09 Å². The first-order chi connectivity index (χ1) is 6.68. The molecule has 2 fully saturated rings. The second kappa shape index (κ2) is 5.89. The number of carbonyl (C=O) groups is 1. The average Bonchev–Trinajstić information content (AvgIpc) is 2.87. The number of carboxylic acid groups (broad SMARTS) is 1. The summed E-state index contributed by atoms with van der Waals surface area (Å²) in [6, 6.07) is 0.205. The van der Waals surface area contributed by atoms with Crippen molar-refractivity contribution in [1.82, 2.24) is 5.32 Å². The molecule has 0 aliphatic heterocycles. The predicted molar refractivity (Wildman–Crippen MR) is 56.4 cm³/mol. The van der Waals surface area contributed by atoms with Crippen LogP contribution in [0.1, 0.15) is 51.9 Å². The monoisotopic (exact) mass is 199 g/mol. The average molecular weight is 199 g/mol. The molecule has 2 N–H and O–H groups in total. The fraction of sp³-hybridized carbons (Fsp3) is 0.909. The van der Waals surface area contributed by atoms with Crippen molar-refractivity contribution in [3.63, 3.8) is 0 Å². The normalized spacial score (nSPS) is 29.8. The van der Waals surface area contributed by atoms with Gasteiger partial charge in [0.1, 0.15) is 0 Å². The van der Waals surface area contributed by atoms with E-state index in [1.807, 2.05) is 0 Å². The molecular weight excluding hydrogens is 178 g/mol. The Hall–Kier alpha value is -0.730. The Kier molecular flexibility index (Phi) is 4.77. The number of nitrogens with one attached hydrogen (secondary N) is 1. The lowest BCUT2D eigenvalue weighted by atomic mass is 9.87. The van der Waals surface area contributed by atoms with Crippen molar-refractivity contribution in [3.05, 3.63) is 0 Å². The Morgan fingerprint density at radius 2 is 1.86 bits per heavy atom. The van der Waals surface area contributed by atoms with Crippen molar-refractivity contribution in [2.75, 3.05) is 0 Å². The third kappa shape index (κ3) is 5.84. The van der Waals surface area contributed by atoms with Crippen LogP contribution in [0.15, 0.2) is 0 Å². The summed E-state index contributed by atoms with van der Waals surface area (Å²) in [5.41, 5.74) is 0. The van der Waals surface area contributed by atoms with Crippen LogP contribution in [0.4, 0.5) is 4.79 Å². The van der Waals surface area contributed by atoms with Gasteiger partial charge in [-0.1, -0.05) is 39.0 Å². The number of hydrogen-bond acceptors (Lipinski definition) is 1. The number of rotatable bonds is 1. The fourth-order valence-corrected chi connectivity index (χ4v) is 1.74. The van der Waals surface area contributed by atoms with Gasteiger partial charge in [0.15, 0.2) is 0 Å². The van der Waals surface area contributed by atoms with Crippen LogP contribution in [0.3, 0.4) is 0 Å². The zero-order valence-corrected chi connectivity index (χ0v) is 8.96. The molecule has 2 rings (SSSR count). The molecule has 0 aromatic rings. The first-order valence-corrected chi connectivity index (χ1v) is 5.68. The maximum Gasteiger partial charge on any atom is 0.404 e. The summed E-state index contributed by atoms with van der Waals surface area (Å²) in [5.74, 6) is 0.681. The van der Waals surface area contributed by atoms with E-state index in [0.29, 0.717) is 5.92 Å². The molecule has 0 aromatic carbocycles. The zero-order chi connectivity index (χ0) is 10.4. The molecule has 0 bridgehead atoms. The van der Waals surface area contributed by atoms with Gasteiger partial charge in [-0.2, -0.15) is 0 Å². The summed E-state index contributed by atoms with van der Waals surface area (Å²) in [5, 5.41) is 11.0. The second-order valence-electron chi connectivity index (χ2n) is 4.48. The maximum absolute atomic E-state index is 10.3. The molecule has 82 valence electrons. The van der Waals surface area contributed by atoms with Crippen LogP contribution in [0, 0.1) is 5.92 Å². The summed E-state index contributed by atoms with van der Waals surface area (Å²) in [4.78, 5) is 10.3. The van der Waals surface area contributed by atoms with Gasteiger partial charge in [0.25, 0.3) is 0 Å². The Labute approximate surface area is 85.9 Å². The molecule has 0 radical (unpaired) electrons.